The molecule has 0 radical (unpaired) electrons. The molecular formula is C54H60F2N4O11. The fourth-order valence-electron chi connectivity index (χ4n) is 10.5. The Morgan fingerprint density at radius 3 is 2.01 bits per heavy atom. The van der Waals surface area contributed by atoms with Crippen molar-refractivity contribution < 1.29 is 62.5 Å². The summed E-state index contributed by atoms with van der Waals surface area (Å²) < 4.78 is 52.7. The summed E-state index contributed by atoms with van der Waals surface area (Å²) in [6.45, 7) is 12.6. The standard InChI is InChI=1S/C54H60F2N4O11/c1-25-11-10-12-26(2)52(67)58-44-43-42(59-54(60-43)23-36(32-13-17-34(55)18-14-32)57-37(24-54)33-15-19-35(56)20-16-33)39-40(48(44)65)47(64)30(6)50-41(39)51(66)53(8,71-50)69-22-21-38(68-9)27(3)49(70-31(7)61)29(5)46(63)28(4)45(25)62/h10-22,25,27-29,36-38,45-46,49,57,59,62-65H,23-24H2,1-9H3/b11-10+,22-21+,26-12-,58-44?/t25-,27+,28+,29+,36-,37+,38-,45-,46+,49+,53-,54?/m0/s1. The Balaban J connectivity index is 1.34. The molecule has 4 aromatic carbocycles. The lowest BCUT2D eigenvalue weighted by molar-refractivity contribution is -0.160. The summed E-state index contributed by atoms with van der Waals surface area (Å²) in [7, 11) is 1.44. The number of amides is 1. The third kappa shape index (κ3) is 9.43. The highest BCUT2D eigenvalue weighted by Crippen LogP contribution is 2.52. The number of hydrogen-bond donors (Lipinski definition) is 6. The number of methoxy groups -OCH3 is 1. The van der Waals surface area contributed by atoms with Gasteiger partial charge in [-0.2, -0.15) is 0 Å². The molecule has 71 heavy (non-hydrogen) atoms. The number of halogens is 2. The van der Waals surface area contributed by atoms with E-state index in [0.29, 0.717) is 11.1 Å². The largest absolute Gasteiger partial charge is 0.507 e. The van der Waals surface area contributed by atoms with Crippen LogP contribution in [0.4, 0.5) is 14.5 Å². The maximum absolute atomic E-state index is 15.0. The summed E-state index contributed by atoms with van der Waals surface area (Å²) in [5.74, 6) is -8.80. The van der Waals surface area contributed by atoms with E-state index in [0.717, 1.165) is 0 Å². The Morgan fingerprint density at radius 2 is 1.44 bits per heavy atom. The minimum absolute atomic E-state index is 0.00390. The summed E-state index contributed by atoms with van der Waals surface area (Å²) >= 11 is 0. The average Bonchev–Trinajstić information content (AvgIpc) is 3.83. The van der Waals surface area contributed by atoms with E-state index in [1.54, 1.807) is 64.1 Å². The molecule has 6 N–H and O–H groups in total. The molecule has 4 aliphatic rings. The second-order valence-corrected chi connectivity index (χ2v) is 19.6. The van der Waals surface area contributed by atoms with Crippen LogP contribution in [0.25, 0.3) is 10.8 Å². The Hall–Kier alpha value is -6.53. The first kappa shape index (κ1) is 50.8. The maximum Gasteiger partial charge on any atom is 0.312 e. The zero-order chi connectivity index (χ0) is 51.4. The molecular weight excluding hydrogens is 919 g/mol. The normalized spacial score (nSPS) is 32.7. The Morgan fingerprint density at radius 1 is 0.831 bits per heavy atom. The number of anilines is 1. The van der Waals surface area contributed by atoms with Crippen LogP contribution in [0.3, 0.4) is 0 Å². The first-order valence-corrected chi connectivity index (χ1v) is 23.7. The minimum atomic E-state index is -2.07. The summed E-state index contributed by atoms with van der Waals surface area (Å²) in [6, 6.07) is 10.9. The number of carbonyl (C=O) groups excluding carboxylic acids is 3. The fourth-order valence-corrected chi connectivity index (χ4v) is 10.5. The van der Waals surface area contributed by atoms with Crippen LogP contribution in [0, 0.1) is 42.2 Å². The number of piperidine rings is 1. The van der Waals surface area contributed by atoms with Crippen molar-refractivity contribution in [2.75, 3.05) is 12.4 Å². The highest BCUT2D eigenvalue weighted by atomic mass is 19.1. The summed E-state index contributed by atoms with van der Waals surface area (Å²) in [4.78, 5) is 51.4. The summed E-state index contributed by atoms with van der Waals surface area (Å²) in [6.07, 6.45) is 3.87. The highest BCUT2D eigenvalue weighted by Gasteiger charge is 2.51. The van der Waals surface area contributed by atoms with Crippen LogP contribution in [0.2, 0.25) is 0 Å². The van der Waals surface area contributed by atoms with Gasteiger partial charge < -0.3 is 50.0 Å². The molecule has 0 saturated carbocycles. The van der Waals surface area contributed by atoms with E-state index >= 15 is 4.79 Å². The minimum Gasteiger partial charge on any atom is -0.507 e. The van der Waals surface area contributed by atoms with Crippen LogP contribution in [0.5, 0.6) is 17.2 Å². The topological polar surface area (TPSA) is 218 Å². The molecule has 376 valence electrons. The van der Waals surface area contributed by atoms with Crippen LogP contribution < -0.4 is 26.1 Å². The quantitative estimate of drug-likeness (QED) is 0.0887. The van der Waals surface area contributed by atoms with Crippen molar-refractivity contribution in [2.45, 2.75) is 116 Å². The Labute approximate surface area is 409 Å². The number of carbonyl (C=O) groups is 3. The van der Waals surface area contributed by atoms with Crippen molar-refractivity contribution in [1.29, 1.82) is 0 Å². The Kier molecular flexibility index (Phi) is 14.0. The fraction of sp³-hybridized carbons (Fsp3) is 0.426. The number of Topliss-reactive ketones (excluding diaryl/α,β-unsaturated/α-hetero) is 1. The van der Waals surface area contributed by atoms with Crippen LogP contribution in [0.15, 0.2) is 94.7 Å². The van der Waals surface area contributed by atoms with Gasteiger partial charge in [0.05, 0.1) is 41.2 Å². The molecule has 1 spiro atoms. The molecule has 15 nitrogen and oxygen atoms in total. The third-order valence-corrected chi connectivity index (χ3v) is 14.6. The highest BCUT2D eigenvalue weighted by molar-refractivity contribution is 6.21. The Bertz CT molecular complexity index is 2940. The third-order valence-electron chi connectivity index (χ3n) is 14.6. The number of ether oxygens (including phenoxy) is 4. The lowest BCUT2D eigenvalue weighted by Gasteiger charge is -2.42. The summed E-state index contributed by atoms with van der Waals surface area (Å²) in [5, 5.41) is 54.3. The van der Waals surface area contributed by atoms with E-state index in [-0.39, 0.29) is 62.5 Å². The van der Waals surface area contributed by atoms with Crippen molar-refractivity contribution in [3.63, 3.8) is 0 Å². The number of aliphatic hydroxyl groups is 2. The van der Waals surface area contributed by atoms with E-state index in [4.69, 9.17) is 23.9 Å². The second kappa shape index (κ2) is 19.6. The zero-order valence-corrected chi connectivity index (χ0v) is 41.0. The SMILES string of the molecule is CO[C@H]1/C=C/O[C@@]2(C)Oc3c(C)c(O)c4c(O)c(c5c(c4c3C2=O)NC2(C[C@@H](c3ccc(F)cc3)N[C@@H](c3ccc(F)cc3)C2)N=5)=NC(=O)/C(C)=C\C=C\[C@H](C)[C@H](O)[C@@H](C)[C@@H](O)[C@@H](C)[C@H](OC(C)=O)[C@@H]1C. The first-order chi connectivity index (χ1) is 33.6. The molecule has 1 unspecified atom stereocenters. The number of ketones is 1. The number of benzene rings is 4. The number of allylic oxidation sites excluding steroid dienone is 2. The molecule has 4 heterocycles. The van der Waals surface area contributed by atoms with Gasteiger partial charge >= 0.3 is 11.8 Å². The molecule has 1 fully saturated rings. The molecule has 17 heteroatoms. The van der Waals surface area contributed by atoms with Gasteiger partial charge in [0.1, 0.15) is 45.6 Å². The van der Waals surface area contributed by atoms with E-state index in [9.17, 15) is 38.8 Å². The zero-order valence-electron chi connectivity index (χ0n) is 41.0. The molecule has 0 aliphatic carbocycles. The van der Waals surface area contributed by atoms with E-state index in [1.807, 2.05) is 0 Å². The number of aromatic hydroxyl groups is 2. The molecule has 8 rings (SSSR count). The van der Waals surface area contributed by atoms with Crippen molar-refractivity contribution in [3.8, 4) is 17.2 Å². The van der Waals surface area contributed by atoms with Gasteiger partial charge in [0.15, 0.2) is 5.75 Å². The number of fused-ring (bicyclic) bond motifs is 1. The summed E-state index contributed by atoms with van der Waals surface area (Å²) in [5.41, 5.74) is 0.408. The van der Waals surface area contributed by atoms with Gasteiger partial charge in [-0.1, -0.05) is 70.2 Å². The lowest BCUT2D eigenvalue weighted by atomic mass is 9.78. The number of esters is 1. The van der Waals surface area contributed by atoms with Gasteiger partial charge in [-0.25, -0.2) is 13.8 Å². The van der Waals surface area contributed by atoms with Crippen molar-refractivity contribution >= 4 is 34.1 Å². The number of rotatable bonds is 4. The van der Waals surface area contributed by atoms with Crippen LogP contribution in [-0.2, 0) is 23.8 Å². The molecule has 12 atom stereocenters. The number of nitrogens with one attached hydrogen (secondary N) is 2. The number of aliphatic hydroxyl groups excluding tert-OH is 2. The van der Waals surface area contributed by atoms with Gasteiger partial charge in [0.25, 0.3) is 11.7 Å². The van der Waals surface area contributed by atoms with E-state index < -0.39 is 112 Å². The second-order valence-electron chi connectivity index (χ2n) is 19.6. The number of nitrogens with zero attached hydrogens (tertiary/aromatic N) is 2. The van der Waals surface area contributed by atoms with Gasteiger partial charge in [-0.05, 0) is 55.3 Å². The van der Waals surface area contributed by atoms with Crippen LogP contribution in [-0.4, -0.2) is 81.1 Å². The molecule has 4 aromatic rings. The van der Waals surface area contributed by atoms with Gasteiger partial charge in [-0.15, -0.1) is 0 Å². The number of phenolic OH excluding ortho intramolecular Hbond substituents is 2. The van der Waals surface area contributed by atoms with E-state index in [1.165, 1.54) is 77.5 Å². The van der Waals surface area contributed by atoms with E-state index in [2.05, 4.69) is 15.6 Å². The monoisotopic (exact) mass is 978 g/mol. The first-order valence-electron chi connectivity index (χ1n) is 23.7. The van der Waals surface area contributed by atoms with Crippen molar-refractivity contribution in [2.24, 2.45) is 33.7 Å². The van der Waals surface area contributed by atoms with Crippen LogP contribution in [0.1, 0.15) is 100 Å². The lowest BCUT2D eigenvalue weighted by Crippen LogP contribution is -2.48. The number of phenols is 2. The molecule has 0 aromatic heterocycles. The predicted octanol–water partition coefficient (Wildman–Crippen LogP) is 7.14. The molecule has 1 saturated heterocycles. The molecule has 4 bridgehead atoms. The van der Waals surface area contributed by atoms with Gasteiger partial charge in [-0.3, -0.25) is 19.4 Å². The van der Waals surface area contributed by atoms with Gasteiger partial charge in [0, 0.05) is 86.1 Å². The van der Waals surface area contributed by atoms with Crippen molar-refractivity contribution in [3.05, 3.63) is 129 Å². The van der Waals surface area contributed by atoms with Crippen molar-refractivity contribution in [1.82, 2.24) is 5.32 Å². The number of hydrogen-bond acceptors (Lipinski definition) is 14. The smallest absolute Gasteiger partial charge is 0.312 e. The maximum atomic E-state index is 15.0. The predicted molar refractivity (Wildman–Crippen MR) is 258 cm³/mol. The molecule has 1 amide bonds. The molecule has 4 aliphatic heterocycles. The van der Waals surface area contributed by atoms with Gasteiger partial charge in [0.2, 0.25) is 0 Å². The van der Waals surface area contributed by atoms with Crippen LogP contribution >= 0.6 is 0 Å². The average molecular weight is 979 g/mol.